The Morgan fingerprint density at radius 1 is 1.19 bits per heavy atom. The third-order valence-electron chi connectivity index (χ3n) is 2.61. The van der Waals surface area contributed by atoms with Gasteiger partial charge in [-0.25, -0.2) is 0 Å². The Morgan fingerprint density at radius 3 is 2.81 bits per heavy atom. The molecule has 94 valence electrons. The summed E-state index contributed by atoms with van der Waals surface area (Å²) in [7, 11) is 0. The van der Waals surface area contributed by atoms with E-state index in [9.17, 15) is 0 Å². The fourth-order valence-corrected chi connectivity index (χ4v) is 1.71. The highest BCUT2D eigenvalue weighted by atomic mass is 16.7. The maximum Gasteiger partial charge on any atom is 0.157 e. The minimum absolute atomic E-state index is 0.0609. The topological polar surface area (TPSA) is 27.7 Å². The van der Waals surface area contributed by atoms with E-state index in [1.165, 1.54) is 12.8 Å². The smallest absolute Gasteiger partial charge is 0.157 e. The molecular formula is C13H24O3. The van der Waals surface area contributed by atoms with Crippen LogP contribution in [0.1, 0.15) is 38.5 Å². The van der Waals surface area contributed by atoms with Gasteiger partial charge in [0.05, 0.1) is 6.61 Å². The lowest BCUT2D eigenvalue weighted by Crippen LogP contribution is -2.22. The molecule has 0 saturated carbocycles. The largest absolute Gasteiger partial charge is 0.377 e. The van der Waals surface area contributed by atoms with Crippen molar-refractivity contribution >= 4 is 0 Å². The molecule has 0 aliphatic carbocycles. The Kier molecular flexibility index (Phi) is 8.40. The Morgan fingerprint density at radius 2 is 2.06 bits per heavy atom. The lowest BCUT2D eigenvalue weighted by molar-refractivity contribution is -0.162. The zero-order valence-corrected chi connectivity index (χ0v) is 10.2. The van der Waals surface area contributed by atoms with Crippen LogP contribution in [-0.2, 0) is 14.2 Å². The monoisotopic (exact) mass is 228 g/mol. The zero-order chi connectivity index (χ0) is 11.5. The molecule has 1 aliphatic heterocycles. The van der Waals surface area contributed by atoms with E-state index < -0.39 is 0 Å². The minimum Gasteiger partial charge on any atom is -0.377 e. The maximum absolute atomic E-state index is 5.63. The van der Waals surface area contributed by atoms with Gasteiger partial charge < -0.3 is 14.2 Å². The average molecular weight is 228 g/mol. The summed E-state index contributed by atoms with van der Waals surface area (Å²) in [6.45, 7) is 6.76. The number of ether oxygens (including phenoxy) is 3. The molecule has 16 heavy (non-hydrogen) atoms. The Bertz CT molecular complexity index is 165. The summed E-state index contributed by atoms with van der Waals surface area (Å²) in [6.07, 6.45) is 8.67. The van der Waals surface area contributed by atoms with Crippen molar-refractivity contribution < 1.29 is 14.2 Å². The number of hydrogen-bond acceptors (Lipinski definition) is 3. The van der Waals surface area contributed by atoms with E-state index in [-0.39, 0.29) is 6.29 Å². The van der Waals surface area contributed by atoms with Crippen LogP contribution >= 0.6 is 0 Å². The third-order valence-corrected chi connectivity index (χ3v) is 2.61. The molecule has 1 heterocycles. The van der Waals surface area contributed by atoms with Crippen LogP contribution in [0.3, 0.4) is 0 Å². The van der Waals surface area contributed by atoms with Gasteiger partial charge in [-0.3, -0.25) is 0 Å². The molecule has 1 fully saturated rings. The predicted octanol–water partition coefficient (Wildman–Crippen LogP) is 2.90. The summed E-state index contributed by atoms with van der Waals surface area (Å²) < 4.78 is 16.4. The van der Waals surface area contributed by atoms with Gasteiger partial charge in [-0.1, -0.05) is 6.08 Å². The van der Waals surface area contributed by atoms with E-state index >= 15 is 0 Å². The van der Waals surface area contributed by atoms with E-state index in [2.05, 4.69) is 6.58 Å². The molecule has 0 spiro atoms. The van der Waals surface area contributed by atoms with Crippen molar-refractivity contribution in [2.24, 2.45) is 0 Å². The minimum atomic E-state index is 0.0609. The van der Waals surface area contributed by atoms with Crippen LogP contribution in [0.15, 0.2) is 12.7 Å². The molecule has 3 nitrogen and oxygen atoms in total. The Hall–Kier alpha value is -0.380. The molecular weight excluding hydrogens is 204 g/mol. The molecule has 0 aromatic heterocycles. The van der Waals surface area contributed by atoms with Gasteiger partial charge >= 0.3 is 0 Å². The molecule has 0 N–H and O–H groups in total. The predicted molar refractivity (Wildman–Crippen MR) is 64.4 cm³/mol. The van der Waals surface area contributed by atoms with Crippen LogP contribution in [0.4, 0.5) is 0 Å². The van der Waals surface area contributed by atoms with E-state index in [1.807, 2.05) is 0 Å². The second-order valence-electron chi connectivity index (χ2n) is 4.09. The van der Waals surface area contributed by atoms with Gasteiger partial charge in [0, 0.05) is 19.8 Å². The third kappa shape index (κ3) is 6.99. The molecule has 0 radical (unpaired) electrons. The Labute approximate surface area is 98.8 Å². The molecule has 1 saturated heterocycles. The standard InChI is InChI=1S/C13H24O3/c1-2-9-14-10-5-3-6-11-15-13-8-4-7-12-16-13/h2,13H,1,3-12H2. The highest BCUT2D eigenvalue weighted by Crippen LogP contribution is 2.14. The molecule has 0 aromatic carbocycles. The normalized spacial score (nSPS) is 20.9. The van der Waals surface area contributed by atoms with Crippen LogP contribution in [0.2, 0.25) is 0 Å². The van der Waals surface area contributed by atoms with Gasteiger partial charge in [0.2, 0.25) is 0 Å². The molecule has 0 bridgehead atoms. The van der Waals surface area contributed by atoms with Crippen LogP contribution in [-0.4, -0.2) is 32.7 Å². The first kappa shape index (κ1) is 13.7. The summed E-state index contributed by atoms with van der Waals surface area (Å²) in [5.74, 6) is 0. The summed E-state index contributed by atoms with van der Waals surface area (Å²) in [5.41, 5.74) is 0. The molecule has 1 rings (SSSR count). The second kappa shape index (κ2) is 9.82. The quantitative estimate of drug-likeness (QED) is 0.448. The van der Waals surface area contributed by atoms with Crippen molar-refractivity contribution in [1.82, 2.24) is 0 Å². The van der Waals surface area contributed by atoms with Crippen molar-refractivity contribution in [3.63, 3.8) is 0 Å². The van der Waals surface area contributed by atoms with Crippen LogP contribution < -0.4 is 0 Å². The molecule has 1 atom stereocenters. The van der Waals surface area contributed by atoms with Crippen molar-refractivity contribution in [3.05, 3.63) is 12.7 Å². The highest BCUT2D eigenvalue weighted by Gasteiger charge is 2.12. The van der Waals surface area contributed by atoms with E-state index in [0.29, 0.717) is 6.61 Å². The summed E-state index contributed by atoms with van der Waals surface area (Å²) >= 11 is 0. The molecule has 3 heteroatoms. The molecule has 1 aliphatic rings. The van der Waals surface area contributed by atoms with Gasteiger partial charge in [-0.2, -0.15) is 0 Å². The second-order valence-corrected chi connectivity index (χ2v) is 4.09. The van der Waals surface area contributed by atoms with Crippen LogP contribution in [0.5, 0.6) is 0 Å². The summed E-state index contributed by atoms with van der Waals surface area (Å²) in [6, 6.07) is 0. The SMILES string of the molecule is C=CCOCCCCCOC1CCCCO1. The fourth-order valence-electron chi connectivity index (χ4n) is 1.71. The lowest BCUT2D eigenvalue weighted by atomic mass is 10.2. The fraction of sp³-hybridized carbons (Fsp3) is 0.846. The van der Waals surface area contributed by atoms with Crippen molar-refractivity contribution in [2.75, 3.05) is 26.4 Å². The van der Waals surface area contributed by atoms with Crippen molar-refractivity contribution in [1.29, 1.82) is 0 Å². The highest BCUT2D eigenvalue weighted by molar-refractivity contribution is 4.63. The molecule has 0 aromatic rings. The van der Waals surface area contributed by atoms with Gasteiger partial charge in [0.15, 0.2) is 6.29 Å². The van der Waals surface area contributed by atoms with Crippen molar-refractivity contribution in [2.45, 2.75) is 44.8 Å². The van der Waals surface area contributed by atoms with Crippen molar-refractivity contribution in [3.8, 4) is 0 Å². The summed E-state index contributed by atoms with van der Waals surface area (Å²) in [5, 5.41) is 0. The van der Waals surface area contributed by atoms with Gasteiger partial charge in [0.1, 0.15) is 0 Å². The summed E-state index contributed by atoms with van der Waals surface area (Å²) in [4.78, 5) is 0. The first-order valence-electron chi connectivity index (χ1n) is 6.35. The maximum atomic E-state index is 5.63. The van der Waals surface area contributed by atoms with Gasteiger partial charge in [0.25, 0.3) is 0 Å². The number of unbranched alkanes of at least 4 members (excludes halogenated alkanes) is 2. The first-order valence-corrected chi connectivity index (χ1v) is 6.35. The van der Waals surface area contributed by atoms with Gasteiger partial charge in [-0.15, -0.1) is 6.58 Å². The number of hydrogen-bond donors (Lipinski definition) is 0. The Balaban J connectivity index is 1.78. The molecule has 0 amide bonds. The van der Waals surface area contributed by atoms with Crippen LogP contribution in [0.25, 0.3) is 0 Å². The first-order chi connectivity index (χ1) is 7.93. The van der Waals surface area contributed by atoms with E-state index in [1.54, 1.807) is 6.08 Å². The number of rotatable bonds is 9. The van der Waals surface area contributed by atoms with E-state index in [4.69, 9.17) is 14.2 Å². The van der Waals surface area contributed by atoms with E-state index in [0.717, 1.165) is 45.5 Å². The van der Waals surface area contributed by atoms with Crippen LogP contribution in [0, 0.1) is 0 Å². The zero-order valence-electron chi connectivity index (χ0n) is 10.2. The average Bonchev–Trinajstić information content (AvgIpc) is 2.34. The van der Waals surface area contributed by atoms with Gasteiger partial charge in [-0.05, 0) is 38.5 Å². The molecule has 1 unspecified atom stereocenters. The lowest BCUT2D eigenvalue weighted by Gasteiger charge is -2.22.